The summed E-state index contributed by atoms with van der Waals surface area (Å²) in [7, 11) is 0. The van der Waals surface area contributed by atoms with Gasteiger partial charge in [0.15, 0.2) is 0 Å². The summed E-state index contributed by atoms with van der Waals surface area (Å²) in [4.78, 5) is 4.47. The van der Waals surface area contributed by atoms with E-state index >= 15 is 0 Å². The largest absolute Gasteiger partial charge is 0.305 e. The van der Waals surface area contributed by atoms with Gasteiger partial charge in [0.2, 0.25) is 0 Å². The molecule has 0 bridgehead atoms. The zero-order chi connectivity index (χ0) is 13.0. The van der Waals surface area contributed by atoms with E-state index in [4.69, 9.17) is 0 Å². The molecule has 2 unspecified atom stereocenters. The first-order valence-electron chi connectivity index (χ1n) is 6.39. The smallest absolute Gasteiger partial charge is 0.110 e. The third-order valence-electron chi connectivity index (χ3n) is 3.06. The van der Waals surface area contributed by atoms with E-state index in [1.807, 2.05) is 11.6 Å². The third kappa shape index (κ3) is 3.18. The van der Waals surface area contributed by atoms with Gasteiger partial charge in [-0.1, -0.05) is 51.1 Å². The summed E-state index contributed by atoms with van der Waals surface area (Å²) in [5.74, 6) is 0.416. The molecule has 3 heteroatoms. The molecule has 0 radical (unpaired) electrons. The van der Waals surface area contributed by atoms with Gasteiger partial charge in [0, 0.05) is 23.5 Å². The summed E-state index contributed by atoms with van der Waals surface area (Å²) >= 11 is 1.72. The fraction of sp³-hybridized carbons (Fsp3) is 0.400. The molecule has 1 aromatic heterocycles. The minimum atomic E-state index is 0.285. The molecule has 2 nitrogen and oxygen atoms in total. The topological polar surface area (TPSA) is 24.9 Å². The second-order valence-corrected chi connectivity index (χ2v) is 5.79. The van der Waals surface area contributed by atoms with Crippen LogP contribution in [0.5, 0.6) is 0 Å². The Morgan fingerprint density at radius 3 is 2.39 bits per heavy atom. The number of thiazole rings is 1. The quantitative estimate of drug-likeness (QED) is 0.879. The van der Waals surface area contributed by atoms with Crippen LogP contribution >= 0.6 is 11.3 Å². The number of rotatable bonds is 5. The summed E-state index contributed by atoms with van der Waals surface area (Å²) in [6.07, 6.45) is 1.88. The normalized spacial score (nSPS) is 14.7. The Morgan fingerprint density at radius 1 is 1.11 bits per heavy atom. The van der Waals surface area contributed by atoms with Crippen LogP contribution in [0.15, 0.2) is 41.9 Å². The molecule has 1 heterocycles. The Kier molecular flexibility index (Phi) is 4.50. The molecule has 18 heavy (non-hydrogen) atoms. The molecule has 2 aromatic rings. The van der Waals surface area contributed by atoms with Crippen LogP contribution in [0.25, 0.3) is 0 Å². The average molecular weight is 260 g/mol. The Bertz CT molecular complexity index is 451. The van der Waals surface area contributed by atoms with E-state index in [1.165, 1.54) is 10.6 Å². The molecular weight excluding hydrogens is 240 g/mol. The predicted octanol–water partition coefficient (Wildman–Crippen LogP) is 3.99. The second-order valence-electron chi connectivity index (χ2n) is 4.87. The van der Waals surface area contributed by atoms with Gasteiger partial charge in [-0.25, -0.2) is 4.98 Å². The van der Waals surface area contributed by atoms with Crippen LogP contribution in [0.4, 0.5) is 0 Å². The summed E-state index contributed by atoms with van der Waals surface area (Å²) in [5, 5.41) is 6.84. The minimum absolute atomic E-state index is 0.285. The zero-order valence-corrected chi connectivity index (χ0v) is 11.9. The Hall–Kier alpha value is -1.19. The van der Waals surface area contributed by atoms with Gasteiger partial charge in [-0.2, -0.15) is 0 Å². The average Bonchev–Trinajstić information content (AvgIpc) is 2.89. The number of hydrogen-bond donors (Lipinski definition) is 1. The van der Waals surface area contributed by atoms with Gasteiger partial charge in [-0.15, -0.1) is 11.3 Å². The highest BCUT2D eigenvalue weighted by molar-refractivity contribution is 7.09. The molecule has 1 aromatic carbocycles. The van der Waals surface area contributed by atoms with Crippen molar-refractivity contribution in [3.8, 4) is 0 Å². The van der Waals surface area contributed by atoms with Gasteiger partial charge in [0.05, 0.1) is 6.04 Å². The minimum Gasteiger partial charge on any atom is -0.305 e. The molecule has 96 valence electrons. The number of benzene rings is 1. The van der Waals surface area contributed by atoms with Crippen molar-refractivity contribution in [3.05, 3.63) is 52.5 Å². The predicted molar refractivity (Wildman–Crippen MR) is 78.0 cm³/mol. The first-order valence-corrected chi connectivity index (χ1v) is 7.27. The lowest BCUT2D eigenvalue weighted by Gasteiger charge is -2.26. The summed E-state index contributed by atoms with van der Waals surface area (Å²) in [6, 6.07) is 11.4. The molecule has 0 saturated heterocycles. The molecule has 0 amide bonds. The number of aromatic nitrogens is 1. The maximum Gasteiger partial charge on any atom is 0.110 e. The second kappa shape index (κ2) is 6.12. The van der Waals surface area contributed by atoms with Crippen LogP contribution in [0.1, 0.15) is 43.3 Å². The van der Waals surface area contributed by atoms with Crippen LogP contribution in [-0.2, 0) is 0 Å². The van der Waals surface area contributed by atoms with Crippen LogP contribution in [0.2, 0.25) is 0 Å². The number of hydrogen-bond acceptors (Lipinski definition) is 3. The summed E-state index contributed by atoms with van der Waals surface area (Å²) in [5.41, 5.74) is 1.35. The van der Waals surface area contributed by atoms with Crippen LogP contribution < -0.4 is 5.32 Å². The van der Waals surface area contributed by atoms with E-state index in [0.29, 0.717) is 12.0 Å². The lowest BCUT2D eigenvalue weighted by atomic mass is 9.93. The molecule has 1 N–H and O–H groups in total. The molecule has 0 fully saturated rings. The molecule has 0 aliphatic rings. The van der Waals surface area contributed by atoms with E-state index in [-0.39, 0.29) is 6.04 Å². The standard InChI is InChI=1S/C15H20N2S/c1-11(2)17-14(15-16-9-10-18-15)12(3)13-7-5-4-6-8-13/h4-12,14,17H,1-3H3. The van der Waals surface area contributed by atoms with E-state index in [0.717, 1.165) is 0 Å². The van der Waals surface area contributed by atoms with Crippen LogP contribution in [0.3, 0.4) is 0 Å². The van der Waals surface area contributed by atoms with E-state index in [1.54, 1.807) is 11.3 Å². The highest BCUT2D eigenvalue weighted by Crippen LogP contribution is 2.31. The summed E-state index contributed by atoms with van der Waals surface area (Å²) in [6.45, 7) is 6.62. The van der Waals surface area contributed by atoms with Crippen molar-refractivity contribution >= 4 is 11.3 Å². The molecule has 0 saturated carbocycles. The van der Waals surface area contributed by atoms with Gasteiger partial charge < -0.3 is 5.32 Å². The SMILES string of the molecule is CC(C)NC(c1nccs1)C(C)c1ccccc1. The van der Waals surface area contributed by atoms with Crippen molar-refractivity contribution in [2.75, 3.05) is 0 Å². The zero-order valence-electron chi connectivity index (χ0n) is 11.1. The van der Waals surface area contributed by atoms with Gasteiger partial charge in [0.25, 0.3) is 0 Å². The molecule has 2 atom stereocenters. The molecular formula is C15H20N2S. The first kappa shape index (κ1) is 13.2. The first-order chi connectivity index (χ1) is 8.68. The van der Waals surface area contributed by atoms with Gasteiger partial charge in [-0.05, 0) is 5.56 Å². The summed E-state index contributed by atoms with van der Waals surface area (Å²) < 4.78 is 0. The Labute approximate surface area is 113 Å². The van der Waals surface area contributed by atoms with Crippen LogP contribution in [-0.4, -0.2) is 11.0 Å². The third-order valence-corrected chi connectivity index (χ3v) is 3.91. The maximum absolute atomic E-state index is 4.47. The fourth-order valence-electron chi connectivity index (χ4n) is 2.13. The maximum atomic E-state index is 4.47. The van der Waals surface area contributed by atoms with Gasteiger partial charge in [-0.3, -0.25) is 0 Å². The van der Waals surface area contributed by atoms with Crippen molar-refractivity contribution in [1.29, 1.82) is 0 Å². The monoisotopic (exact) mass is 260 g/mol. The Balaban J connectivity index is 2.24. The lowest BCUT2D eigenvalue weighted by Crippen LogP contribution is -2.31. The lowest BCUT2D eigenvalue weighted by molar-refractivity contribution is 0.424. The molecule has 0 spiro atoms. The van der Waals surface area contributed by atoms with Crippen molar-refractivity contribution in [2.45, 2.75) is 38.8 Å². The number of nitrogens with one attached hydrogen (secondary N) is 1. The number of nitrogens with zero attached hydrogens (tertiary/aromatic N) is 1. The fourth-order valence-corrected chi connectivity index (χ4v) is 2.93. The van der Waals surface area contributed by atoms with E-state index in [2.05, 4.69) is 61.4 Å². The Morgan fingerprint density at radius 2 is 1.83 bits per heavy atom. The van der Waals surface area contributed by atoms with Crippen LogP contribution in [0, 0.1) is 0 Å². The van der Waals surface area contributed by atoms with Crippen molar-refractivity contribution in [3.63, 3.8) is 0 Å². The molecule has 0 aliphatic carbocycles. The van der Waals surface area contributed by atoms with E-state index in [9.17, 15) is 0 Å². The van der Waals surface area contributed by atoms with E-state index < -0.39 is 0 Å². The van der Waals surface area contributed by atoms with Crippen molar-refractivity contribution < 1.29 is 0 Å². The van der Waals surface area contributed by atoms with Gasteiger partial charge >= 0.3 is 0 Å². The van der Waals surface area contributed by atoms with Crippen molar-refractivity contribution in [1.82, 2.24) is 10.3 Å². The van der Waals surface area contributed by atoms with Crippen molar-refractivity contribution in [2.24, 2.45) is 0 Å². The highest BCUT2D eigenvalue weighted by atomic mass is 32.1. The molecule has 0 aliphatic heterocycles. The highest BCUT2D eigenvalue weighted by Gasteiger charge is 2.23. The molecule has 2 rings (SSSR count). The van der Waals surface area contributed by atoms with Gasteiger partial charge in [0.1, 0.15) is 5.01 Å².